The number of hydrogen-bond donors (Lipinski definition) is 1. The number of hydrogen-bond acceptors (Lipinski definition) is 2. The molecule has 0 aromatic heterocycles. The van der Waals surface area contributed by atoms with E-state index in [4.69, 9.17) is 4.74 Å². The molecule has 2 aromatic rings. The topological polar surface area (TPSA) is 38.3 Å². The lowest BCUT2D eigenvalue weighted by atomic mass is 9.96. The van der Waals surface area contributed by atoms with Crippen molar-refractivity contribution in [2.24, 2.45) is 5.92 Å². The summed E-state index contributed by atoms with van der Waals surface area (Å²) >= 11 is 0. The second kappa shape index (κ2) is 7.77. The van der Waals surface area contributed by atoms with E-state index < -0.39 is 11.7 Å². The quantitative estimate of drug-likeness (QED) is 0.860. The maximum Gasteiger partial charge on any atom is 0.254 e. The van der Waals surface area contributed by atoms with Crippen molar-refractivity contribution in [1.82, 2.24) is 5.32 Å². The fourth-order valence-corrected chi connectivity index (χ4v) is 2.47. The monoisotopic (exact) mass is 315 g/mol. The maximum atomic E-state index is 13.8. The molecule has 1 amide bonds. The van der Waals surface area contributed by atoms with Gasteiger partial charge in [-0.25, -0.2) is 4.39 Å². The fourth-order valence-electron chi connectivity index (χ4n) is 2.47. The lowest BCUT2D eigenvalue weighted by molar-refractivity contribution is 0.0928. The zero-order valence-electron chi connectivity index (χ0n) is 13.7. The molecule has 4 heteroatoms. The Kier molecular flexibility index (Phi) is 5.74. The van der Waals surface area contributed by atoms with Gasteiger partial charge in [-0.15, -0.1) is 0 Å². The molecule has 0 aliphatic heterocycles. The summed E-state index contributed by atoms with van der Waals surface area (Å²) in [5.41, 5.74) is 1.04. The molecule has 3 nitrogen and oxygen atoms in total. The molecule has 0 fully saturated rings. The number of nitrogens with one attached hydrogen (secondary N) is 1. The van der Waals surface area contributed by atoms with Crippen LogP contribution < -0.4 is 10.1 Å². The standard InChI is InChI=1S/C19H22FNO2/c1-13(2)12-18(14-8-10-15(23-3)11-9-14)21-19(22)16-6-4-5-7-17(16)20/h4-11,13,18H,12H2,1-3H3,(H,21,22)/t18-/m1/s1. The van der Waals surface area contributed by atoms with E-state index in [1.165, 1.54) is 12.1 Å². The van der Waals surface area contributed by atoms with Gasteiger partial charge in [-0.3, -0.25) is 4.79 Å². The average molecular weight is 315 g/mol. The van der Waals surface area contributed by atoms with Gasteiger partial charge in [0, 0.05) is 0 Å². The molecule has 0 aliphatic rings. The predicted molar refractivity (Wildman–Crippen MR) is 89.1 cm³/mol. The van der Waals surface area contributed by atoms with Crippen molar-refractivity contribution in [3.63, 3.8) is 0 Å². The van der Waals surface area contributed by atoms with Crippen LogP contribution >= 0.6 is 0 Å². The Balaban J connectivity index is 2.21. The third-order valence-electron chi connectivity index (χ3n) is 3.65. The summed E-state index contributed by atoms with van der Waals surface area (Å²) in [5, 5.41) is 2.94. The van der Waals surface area contributed by atoms with E-state index in [1.807, 2.05) is 24.3 Å². The van der Waals surface area contributed by atoms with Crippen molar-refractivity contribution < 1.29 is 13.9 Å². The zero-order valence-corrected chi connectivity index (χ0v) is 13.7. The zero-order chi connectivity index (χ0) is 16.8. The van der Waals surface area contributed by atoms with Crippen LogP contribution in [0.15, 0.2) is 48.5 Å². The van der Waals surface area contributed by atoms with Crippen molar-refractivity contribution in [3.05, 3.63) is 65.5 Å². The normalized spacial score (nSPS) is 12.0. The first-order valence-electron chi connectivity index (χ1n) is 7.70. The second-order valence-electron chi connectivity index (χ2n) is 5.91. The number of ether oxygens (including phenoxy) is 1. The van der Waals surface area contributed by atoms with Gasteiger partial charge in [0.1, 0.15) is 11.6 Å². The van der Waals surface area contributed by atoms with E-state index in [1.54, 1.807) is 19.2 Å². The average Bonchev–Trinajstić information content (AvgIpc) is 2.54. The molecule has 0 saturated heterocycles. The highest BCUT2D eigenvalue weighted by molar-refractivity contribution is 5.94. The van der Waals surface area contributed by atoms with Gasteiger partial charge in [-0.2, -0.15) is 0 Å². The van der Waals surface area contributed by atoms with Crippen LogP contribution in [0.3, 0.4) is 0 Å². The van der Waals surface area contributed by atoms with Crippen LogP contribution in [0.25, 0.3) is 0 Å². The van der Waals surface area contributed by atoms with E-state index in [-0.39, 0.29) is 11.6 Å². The summed E-state index contributed by atoms with van der Waals surface area (Å²) < 4.78 is 18.9. The minimum absolute atomic E-state index is 0.0646. The van der Waals surface area contributed by atoms with Crippen LogP contribution in [-0.2, 0) is 0 Å². The molecular weight excluding hydrogens is 293 g/mol. The van der Waals surface area contributed by atoms with Crippen LogP contribution in [0.4, 0.5) is 4.39 Å². The van der Waals surface area contributed by atoms with Gasteiger partial charge >= 0.3 is 0 Å². The van der Waals surface area contributed by atoms with Gasteiger partial charge in [0.2, 0.25) is 0 Å². The Morgan fingerprint density at radius 1 is 1.13 bits per heavy atom. The molecule has 1 atom stereocenters. The highest BCUT2D eigenvalue weighted by Crippen LogP contribution is 2.24. The molecule has 0 spiro atoms. The number of carbonyl (C=O) groups excluding carboxylic acids is 1. The molecule has 23 heavy (non-hydrogen) atoms. The summed E-state index contributed by atoms with van der Waals surface area (Å²) in [6.45, 7) is 4.18. The van der Waals surface area contributed by atoms with Crippen molar-refractivity contribution in [2.75, 3.05) is 7.11 Å². The van der Waals surface area contributed by atoms with Crippen LogP contribution in [0, 0.1) is 11.7 Å². The van der Waals surface area contributed by atoms with E-state index >= 15 is 0 Å². The first-order valence-corrected chi connectivity index (χ1v) is 7.70. The summed E-state index contributed by atoms with van der Waals surface area (Å²) in [5.74, 6) is 0.244. The van der Waals surface area contributed by atoms with E-state index in [0.717, 1.165) is 17.7 Å². The Hall–Kier alpha value is -2.36. The molecule has 1 N–H and O–H groups in total. The minimum atomic E-state index is -0.511. The number of rotatable bonds is 6. The lowest BCUT2D eigenvalue weighted by Gasteiger charge is -2.21. The number of halogens is 1. The van der Waals surface area contributed by atoms with Gasteiger partial charge in [0.25, 0.3) is 5.91 Å². The maximum absolute atomic E-state index is 13.8. The van der Waals surface area contributed by atoms with Crippen LogP contribution in [0.2, 0.25) is 0 Å². The van der Waals surface area contributed by atoms with Gasteiger partial charge in [-0.1, -0.05) is 38.1 Å². The predicted octanol–water partition coefficient (Wildman–Crippen LogP) is 4.35. The Bertz CT molecular complexity index is 653. The summed E-state index contributed by atoms with van der Waals surface area (Å²) in [6, 6.07) is 13.4. The number of benzene rings is 2. The third kappa shape index (κ3) is 4.55. The number of amides is 1. The first kappa shape index (κ1) is 17.0. The lowest BCUT2D eigenvalue weighted by Crippen LogP contribution is -2.30. The minimum Gasteiger partial charge on any atom is -0.497 e. The highest BCUT2D eigenvalue weighted by Gasteiger charge is 2.19. The molecule has 0 saturated carbocycles. The van der Waals surface area contributed by atoms with E-state index in [0.29, 0.717) is 5.92 Å². The van der Waals surface area contributed by atoms with Crippen LogP contribution in [0.5, 0.6) is 5.75 Å². The van der Waals surface area contributed by atoms with E-state index in [2.05, 4.69) is 19.2 Å². The van der Waals surface area contributed by atoms with Crippen LogP contribution in [0.1, 0.15) is 42.2 Å². The third-order valence-corrected chi connectivity index (χ3v) is 3.65. The highest BCUT2D eigenvalue weighted by atomic mass is 19.1. The SMILES string of the molecule is COc1ccc([C@@H](CC(C)C)NC(=O)c2ccccc2F)cc1. The van der Waals surface area contributed by atoms with Crippen molar-refractivity contribution >= 4 is 5.91 Å². The Morgan fingerprint density at radius 2 is 1.78 bits per heavy atom. The van der Waals surface area contributed by atoms with Crippen molar-refractivity contribution in [2.45, 2.75) is 26.3 Å². The number of methoxy groups -OCH3 is 1. The van der Waals surface area contributed by atoms with Crippen molar-refractivity contribution in [1.29, 1.82) is 0 Å². The summed E-state index contributed by atoms with van der Waals surface area (Å²) in [4.78, 5) is 12.4. The summed E-state index contributed by atoms with van der Waals surface area (Å²) in [7, 11) is 1.61. The molecule has 0 heterocycles. The fraction of sp³-hybridized carbons (Fsp3) is 0.316. The molecular formula is C19H22FNO2. The van der Waals surface area contributed by atoms with E-state index in [9.17, 15) is 9.18 Å². The summed E-state index contributed by atoms with van der Waals surface area (Å²) in [6.07, 6.45) is 0.770. The number of carbonyl (C=O) groups is 1. The molecule has 0 aliphatic carbocycles. The molecule has 0 unspecified atom stereocenters. The Labute approximate surface area is 136 Å². The molecule has 122 valence electrons. The second-order valence-corrected chi connectivity index (χ2v) is 5.91. The Morgan fingerprint density at radius 3 is 2.35 bits per heavy atom. The smallest absolute Gasteiger partial charge is 0.254 e. The molecule has 2 aromatic carbocycles. The molecule has 0 radical (unpaired) electrons. The molecule has 0 bridgehead atoms. The van der Waals surface area contributed by atoms with Crippen molar-refractivity contribution in [3.8, 4) is 5.75 Å². The van der Waals surface area contributed by atoms with Gasteiger partial charge in [0.05, 0.1) is 18.7 Å². The van der Waals surface area contributed by atoms with Gasteiger partial charge < -0.3 is 10.1 Å². The van der Waals surface area contributed by atoms with Gasteiger partial charge in [-0.05, 0) is 42.2 Å². The van der Waals surface area contributed by atoms with Crippen LogP contribution in [-0.4, -0.2) is 13.0 Å². The largest absolute Gasteiger partial charge is 0.497 e. The van der Waals surface area contributed by atoms with Gasteiger partial charge in [0.15, 0.2) is 0 Å². The first-order chi connectivity index (χ1) is 11.0. The molecule has 2 rings (SSSR count).